The largest absolute Gasteiger partial charge is 0.324 e. The lowest BCUT2D eigenvalue weighted by atomic mass is 10.1. The van der Waals surface area contributed by atoms with Gasteiger partial charge in [-0.2, -0.15) is 0 Å². The maximum atomic E-state index is 12.3. The van der Waals surface area contributed by atoms with Gasteiger partial charge in [0.15, 0.2) is 0 Å². The van der Waals surface area contributed by atoms with Crippen molar-refractivity contribution in [1.29, 1.82) is 0 Å². The number of carbonyl (C=O) groups excluding carboxylic acids is 1. The maximum absolute atomic E-state index is 12.3. The molecule has 3 heterocycles. The highest BCUT2D eigenvalue weighted by Crippen LogP contribution is 2.20. The lowest BCUT2D eigenvalue weighted by Gasteiger charge is -2.20. The van der Waals surface area contributed by atoms with Gasteiger partial charge >= 0.3 is 6.03 Å². The molecule has 0 spiro atoms. The first-order chi connectivity index (χ1) is 10.2. The van der Waals surface area contributed by atoms with Crippen LogP contribution in [0.15, 0.2) is 18.2 Å². The summed E-state index contributed by atoms with van der Waals surface area (Å²) in [6.45, 7) is 7.26. The smallest absolute Gasteiger partial charge is 0.323 e. The first kappa shape index (κ1) is 14.3. The van der Waals surface area contributed by atoms with Gasteiger partial charge in [0.25, 0.3) is 0 Å². The Bertz CT molecular complexity index is 499. The van der Waals surface area contributed by atoms with E-state index < -0.39 is 0 Å². The fourth-order valence-corrected chi connectivity index (χ4v) is 3.30. The number of hydrogen-bond donors (Lipinski definition) is 1. The number of nitrogens with zero attached hydrogens (tertiary/aromatic N) is 3. The number of hydrogen-bond acceptors (Lipinski definition) is 3. The molecule has 1 aromatic heterocycles. The van der Waals surface area contributed by atoms with Crippen LogP contribution in [0.4, 0.5) is 10.6 Å². The zero-order valence-electron chi connectivity index (χ0n) is 12.7. The predicted molar refractivity (Wildman–Crippen MR) is 83.3 cm³/mol. The highest BCUT2D eigenvalue weighted by molar-refractivity contribution is 5.88. The summed E-state index contributed by atoms with van der Waals surface area (Å²) in [5.41, 5.74) is 0.918. The quantitative estimate of drug-likeness (QED) is 0.928. The van der Waals surface area contributed by atoms with Crippen molar-refractivity contribution in [2.45, 2.75) is 26.2 Å². The van der Waals surface area contributed by atoms with Gasteiger partial charge in [-0.05, 0) is 57.3 Å². The minimum Gasteiger partial charge on any atom is -0.324 e. The second-order valence-electron chi connectivity index (χ2n) is 6.20. The Morgan fingerprint density at radius 1 is 1.33 bits per heavy atom. The van der Waals surface area contributed by atoms with Crippen LogP contribution in [0.2, 0.25) is 0 Å². The van der Waals surface area contributed by atoms with Gasteiger partial charge in [-0.1, -0.05) is 6.07 Å². The lowest BCUT2D eigenvalue weighted by Crippen LogP contribution is -2.35. The Labute approximate surface area is 126 Å². The summed E-state index contributed by atoms with van der Waals surface area (Å²) in [4.78, 5) is 21.0. The summed E-state index contributed by atoms with van der Waals surface area (Å²) in [5, 5.41) is 2.90. The Hall–Kier alpha value is -1.62. The molecular formula is C16H24N4O. The van der Waals surface area contributed by atoms with Gasteiger partial charge in [-0.3, -0.25) is 5.32 Å². The predicted octanol–water partition coefficient (Wildman–Crippen LogP) is 2.34. The van der Waals surface area contributed by atoms with E-state index in [1.165, 1.54) is 25.9 Å². The van der Waals surface area contributed by atoms with Crippen molar-refractivity contribution in [2.24, 2.45) is 5.92 Å². The first-order valence-electron chi connectivity index (χ1n) is 7.92. The van der Waals surface area contributed by atoms with Crippen LogP contribution < -0.4 is 5.32 Å². The van der Waals surface area contributed by atoms with Crippen LogP contribution in [0, 0.1) is 12.8 Å². The molecule has 21 heavy (non-hydrogen) atoms. The molecule has 2 aliphatic rings. The molecule has 1 aromatic rings. The SMILES string of the molecule is Cc1cccc(NC(=O)N2CCC(CN3CCCC3)C2)n1. The molecule has 2 fully saturated rings. The second kappa shape index (κ2) is 6.43. The van der Waals surface area contributed by atoms with Crippen LogP contribution in [0.3, 0.4) is 0 Å². The van der Waals surface area contributed by atoms with Gasteiger partial charge in [0, 0.05) is 25.3 Å². The van der Waals surface area contributed by atoms with E-state index in [0.717, 1.165) is 31.7 Å². The van der Waals surface area contributed by atoms with Gasteiger partial charge in [0.1, 0.15) is 5.82 Å². The summed E-state index contributed by atoms with van der Waals surface area (Å²) < 4.78 is 0. The van der Waals surface area contributed by atoms with Crippen LogP contribution in [0.1, 0.15) is 25.0 Å². The van der Waals surface area contributed by atoms with Gasteiger partial charge in [0.2, 0.25) is 0 Å². The highest BCUT2D eigenvalue weighted by Gasteiger charge is 2.28. The molecule has 5 nitrogen and oxygen atoms in total. The van der Waals surface area contributed by atoms with Gasteiger partial charge in [-0.15, -0.1) is 0 Å². The van der Waals surface area contributed by atoms with E-state index in [4.69, 9.17) is 0 Å². The molecular weight excluding hydrogens is 264 g/mol. The van der Waals surface area contributed by atoms with Crippen molar-refractivity contribution >= 4 is 11.8 Å². The van der Waals surface area contributed by atoms with E-state index in [1.54, 1.807) is 0 Å². The Balaban J connectivity index is 1.49. The third kappa shape index (κ3) is 3.73. The molecule has 1 atom stereocenters. The van der Waals surface area contributed by atoms with E-state index in [2.05, 4.69) is 15.2 Å². The minimum atomic E-state index is -0.0166. The average Bonchev–Trinajstić information content (AvgIpc) is 3.11. The maximum Gasteiger partial charge on any atom is 0.323 e. The van der Waals surface area contributed by atoms with E-state index in [-0.39, 0.29) is 6.03 Å². The number of likely N-dealkylation sites (tertiary alicyclic amines) is 2. The van der Waals surface area contributed by atoms with Crippen molar-refractivity contribution in [2.75, 3.05) is 38.0 Å². The number of aromatic nitrogens is 1. The Morgan fingerprint density at radius 2 is 2.14 bits per heavy atom. The average molecular weight is 288 g/mol. The fraction of sp³-hybridized carbons (Fsp3) is 0.625. The summed E-state index contributed by atoms with van der Waals surface area (Å²) in [5.74, 6) is 1.27. The third-order valence-electron chi connectivity index (χ3n) is 4.41. The molecule has 0 saturated carbocycles. The zero-order chi connectivity index (χ0) is 14.7. The number of amides is 2. The topological polar surface area (TPSA) is 48.5 Å². The number of carbonyl (C=O) groups is 1. The molecule has 1 N–H and O–H groups in total. The van der Waals surface area contributed by atoms with Crippen LogP contribution in [-0.4, -0.2) is 53.5 Å². The summed E-state index contributed by atoms with van der Waals surface area (Å²) in [6, 6.07) is 5.66. The number of anilines is 1. The molecule has 0 radical (unpaired) electrons. The Kier molecular flexibility index (Phi) is 4.39. The van der Waals surface area contributed by atoms with Crippen molar-refractivity contribution in [3.8, 4) is 0 Å². The summed E-state index contributed by atoms with van der Waals surface area (Å²) >= 11 is 0. The standard InChI is InChI=1S/C16H24N4O/c1-13-5-4-6-15(17-13)18-16(21)20-10-7-14(12-20)11-19-8-2-3-9-19/h4-6,14H,2-3,7-12H2,1H3,(H,17,18,21). The molecule has 114 valence electrons. The molecule has 0 aliphatic carbocycles. The highest BCUT2D eigenvalue weighted by atomic mass is 16.2. The molecule has 0 bridgehead atoms. The van der Waals surface area contributed by atoms with Crippen molar-refractivity contribution in [1.82, 2.24) is 14.8 Å². The fourth-order valence-electron chi connectivity index (χ4n) is 3.30. The van der Waals surface area contributed by atoms with Gasteiger partial charge < -0.3 is 9.80 Å². The number of aryl methyl sites for hydroxylation is 1. The molecule has 5 heteroatoms. The molecule has 2 saturated heterocycles. The van der Waals surface area contributed by atoms with E-state index in [9.17, 15) is 4.79 Å². The number of urea groups is 1. The van der Waals surface area contributed by atoms with E-state index in [0.29, 0.717) is 11.7 Å². The van der Waals surface area contributed by atoms with Crippen molar-refractivity contribution in [3.05, 3.63) is 23.9 Å². The summed E-state index contributed by atoms with van der Waals surface area (Å²) in [6.07, 6.45) is 3.77. The van der Waals surface area contributed by atoms with E-state index >= 15 is 0 Å². The minimum absolute atomic E-state index is 0.0166. The zero-order valence-corrected chi connectivity index (χ0v) is 12.7. The van der Waals surface area contributed by atoms with Crippen molar-refractivity contribution in [3.63, 3.8) is 0 Å². The first-order valence-corrected chi connectivity index (χ1v) is 7.92. The Morgan fingerprint density at radius 3 is 2.90 bits per heavy atom. The monoisotopic (exact) mass is 288 g/mol. The lowest BCUT2D eigenvalue weighted by molar-refractivity contribution is 0.217. The molecule has 1 unspecified atom stereocenters. The number of nitrogens with one attached hydrogen (secondary N) is 1. The van der Waals surface area contributed by atoms with Crippen LogP contribution in [-0.2, 0) is 0 Å². The van der Waals surface area contributed by atoms with Gasteiger partial charge in [-0.25, -0.2) is 9.78 Å². The van der Waals surface area contributed by atoms with Crippen LogP contribution >= 0.6 is 0 Å². The number of pyridine rings is 1. The number of rotatable bonds is 3. The normalized spacial score (nSPS) is 22.7. The van der Waals surface area contributed by atoms with Crippen LogP contribution in [0.25, 0.3) is 0 Å². The molecule has 2 amide bonds. The summed E-state index contributed by atoms with van der Waals surface area (Å²) in [7, 11) is 0. The van der Waals surface area contributed by atoms with Crippen molar-refractivity contribution < 1.29 is 4.79 Å². The molecule has 2 aliphatic heterocycles. The third-order valence-corrected chi connectivity index (χ3v) is 4.41. The van der Waals surface area contributed by atoms with E-state index in [1.807, 2.05) is 30.0 Å². The second-order valence-corrected chi connectivity index (χ2v) is 6.20. The van der Waals surface area contributed by atoms with Crippen LogP contribution in [0.5, 0.6) is 0 Å². The molecule has 0 aromatic carbocycles. The molecule has 3 rings (SSSR count). The van der Waals surface area contributed by atoms with Gasteiger partial charge in [0.05, 0.1) is 0 Å².